The van der Waals surface area contributed by atoms with Crippen molar-refractivity contribution in [3.05, 3.63) is 35.9 Å². The molecule has 1 aromatic carbocycles. The van der Waals surface area contributed by atoms with Crippen LogP contribution in [0.15, 0.2) is 30.3 Å². The Labute approximate surface area is 88.5 Å². The molecule has 2 heteroatoms. The van der Waals surface area contributed by atoms with Gasteiger partial charge in [-0.1, -0.05) is 53.2 Å². The maximum absolute atomic E-state index is 5.89. The van der Waals surface area contributed by atoms with Crippen molar-refractivity contribution in [2.24, 2.45) is 5.73 Å². The number of hydrogen-bond donors (Lipinski definition) is 1. The van der Waals surface area contributed by atoms with Crippen LogP contribution in [0.2, 0.25) is 0 Å². The molecular weight excluding hydrogens is 226 g/mol. The minimum absolute atomic E-state index is 0.262. The second-order valence-corrected chi connectivity index (χ2v) is 5.61. The van der Waals surface area contributed by atoms with Crippen molar-refractivity contribution in [2.75, 3.05) is 0 Å². The van der Waals surface area contributed by atoms with Gasteiger partial charge < -0.3 is 5.73 Å². The first-order valence-electron chi connectivity index (χ1n) is 4.52. The molecule has 0 fully saturated rings. The highest BCUT2D eigenvalue weighted by atomic mass is 79.9. The van der Waals surface area contributed by atoms with Gasteiger partial charge in [-0.3, -0.25) is 0 Å². The third-order valence-electron chi connectivity index (χ3n) is 2.07. The first kappa shape index (κ1) is 10.7. The zero-order valence-electron chi connectivity index (χ0n) is 8.13. The van der Waals surface area contributed by atoms with Crippen LogP contribution in [0.25, 0.3) is 0 Å². The van der Waals surface area contributed by atoms with Crippen LogP contribution in [0, 0.1) is 0 Å². The molecule has 0 spiro atoms. The minimum Gasteiger partial charge on any atom is -0.317 e. The average molecular weight is 242 g/mol. The number of alkyl halides is 1. The van der Waals surface area contributed by atoms with Crippen LogP contribution in [0.4, 0.5) is 0 Å². The zero-order valence-corrected chi connectivity index (χ0v) is 9.71. The minimum atomic E-state index is -0.262. The van der Waals surface area contributed by atoms with E-state index in [-0.39, 0.29) is 4.45 Å². The lowest BCUT2D eigenvalue weighted by Crippen LogP contribution is -2.29. The molecule has 13 heavy (non-hydrogen) atoms. The van der Waals surface area contributed by atoms with Crippen molar-refractivity contribution in [1.82, 2.24) is 0 Å². The summed E-state index contributed by atoms with van der Waals surface area (Å²) in [5.41, 5.74) is 7.24. The standard InChI is InChI=1S/C11H16BrN/c1-9(8-11(2,12)13)10-6-4-3-5-7-10/h3-7,9H,8,13H2,1-2H3. The fourth-order valence-corrected chi connectivity index (χ4v) is 1.98. The average Bonchev–Trinajstić information content (AvgIpc) is 2.03. The molecule has 1 nitrogen and oxygen atoms in total. The highest BCUT2D eigenvalue weighted by Crippen LogP contribution is 2.27. The summed E-state index contributed by atoms with van der Waals surface area (Å²) in [6.45, 7) is 4.19. The monoisotopic (exact) mass is 241 g/mol. The highest BCUT2D eigenvalue weighted by Gasteiger charge is 2.18. The smallest absolute Gasteiger partial charge is 0.0694 e. The van der Waals surface area contributed by atoms with E-state index in [2.05, 4.69) is 47.1 Å². The maximum atomic E-state index is 5.89. The molecule has 2 unspecified atom stereocenters. The molecule has 0 aromatic heterocycles. The molecule has 0 aliphatic rings. The number of hydrogen-bond acceptors (Lipinski definition) is 1. The Kier molecular flexibility index (Phi) is 3.51. The fraction of sp³-hybridized carbons (Fsp3) is 0.455. The summed E-state index contributed by atoms with van der Waals surface area (Å²) in [6.07, 6.45) is 0.941. The molecule has 1 aromatic rings. The quantitative estimate of drug-likeness (QED) is 0.639. The van der Waals surface area contributed by atoms with Gasteiger partial charge in [-0.15, -0.1) is 0 Å². The van der Waals surface area contributed by atoms with Gasteiger partial charge in [0.15, 0.2) is 0 Å². The first-order chi connectivity index (χ1) is 5.99. The second kappa shape index (κ2) is 4.25. The Balaban J connectivity index is 2.64. The summed E-state index contributed by atoms with van der Waals surface area (Å²) < 4.78 is -0.262. The van der Waals surface area contributed by atoms with E-state index in [9.17, 15) is 0 Å². The normalized spacial score (nSPS) is 17.8. The molecular formula is C11H16BrN. The van der Waals surface area contributed by atoms with Gasteiger partial charge in [-0.05, 0) is 24.8 Å². The molecule has 2 atom stereocenters. The lowest BCUT2D eigenvalue weighted by atomic mass is 9.95. The van der Waals surface area contributed by atoms with Crippen LogP contribution in [-0.4, -0.2) is 4.45 Å². The Bertz CT molecular complexity index is 251. The molecule has 0 aliphatic heterocycles. The third-order valence-corrected chi connectivity index (χ3v) is 2.40. The van der Waals surface area contributed by atoms with Crippen molar-refractivity contribution in [3.8, 4) is 0 Å². The van der Waals surface area contributed by atoms with Crippen LogP contribution >= 0.6 is 15.9 Å². The highest BCUT2D eigenvalue weighted by molar-refractivity contribution is 9.10. The number of halogens is 1. The number of rotatable bonds is 3. The predicted octanol–water partition coefficient (Wildman–Crippen LogP) is 3.25. The van der Waals surface area contributed by atoms with Gasteiger partial charge in [0.1, 0.15) is 0 Å². The van der Waals surface area contributed by atoms with E-state index in [1.165, 1.54) is 5.56 Å². The van der Waals surface area contributed by atoms with Gasteiger partial charge in [0.05, 0.1) is 4.45 Å². The maximum Gasteiger partial charge on any atom is 0.0694 e. The van der Waals surface area contributed by atoms with E-state index < -0.39 is 0 Å². The Hall–Kier alpha value is -0.340. The number of nitrogens with two attached hydrogens (primary N) is 1. The van der Waals surface area contributed by atoms with Gasteiger partial charge in [0.2, 0.25) is 0 Å². The molecule has 2 N–H and O–H groups in total. The SMILES string of the molecule is CC(CC(C)(N)Br)c1ccccc1. The fourth-order valence-electron chi connectivity index (χ4n) is 1.50. The zero-order chi connectivity index (χ0) is 9.90. The van der Waals surface area contributed by atoms with Gasteiger partial charge in [-0.2, -0.15) is 0 Å². The van der Waals surface area contributed by atoms with Gasteiger partial charge in [0.25, 0.3) is 0 Å². The third kappa shape index (κ3) is 3.92. The van der Waals surface area contributed by atoms with Crippen molar-refractivity contribution < 1.29 is 0 Å². The van der Waals surface area contributed by atoms with Crippen molar-refractivity contribution in [1.29, 1.82) is 0 Å². The van der Waals surface area contributed by atoms with Crippen LogP contribution in [0.3, 0.4) is 0 Å². The second-order valence-electron chi connectivity index (χ2n) is 3.79. The Morgan fingerprint density at radius 3 is 2.38 bits per heavy atom. The van der Waals surface area contributed by atoms with E-state index >= 15 is 0 Å². The van der Waals surface area contributed by atoms with Crippen molar-refractivity contribution >= 4 is 15.9 Å². The lowest BCUT2D eigenvalue weighted by Gasteiger charge is -2.21. The molecule has 1 rings (SSSR count). The lowest BCUT2D eigenvalue weighted by molar-refractivity contribution is 0.555. The summed E-state index contributed by atoms with van der Waals surface area (Å²) in [6, 6.07) is 10.4. The first-order valence-corrected chi connectivity index (χ1v) is 5.31. The molecule has 0 amide bonds. The van der Waals surface area contributed by atoms with Gasteiger partial charge in [0, 0.05) is 0 Å². The molecule has 0 saturated heterocycles. The van der Waals surface area contributed by atoms with Crippen LogP contribution in [0.1, 0.15) is 31.7 Å². The molecule has 0 heterocycles. The van der Waals surface area contributed by atoms with Gasteiger partial charge >= 0.3 is 0 Å². The van der Waals surface area contributed by atoms with Crippen LogP contribution < -0.4 is 5.73 Å². The van der Waals surface area contributed by atoms with E-state index in [4.69, 9.17) is 5.73 Å². The van der Waals surface area contributed by atoms with E-state index in [1.807, 2.05) is 13.0 Å². The molecule has 0 bridgehead atoms. The van der Waals surface area contributed by atoms with E-state index in [0.29, 0.717) is 5.92 Å². The van der Waals surface area contributed by atoms with Crippen molar-refractivity contribution in [2.45, 2.75) is 30.6 Å². The predicted molar refractivity (Wildman–Crippen MR) is 61.0 cm³/mol. The topological polar surface area (TPSA) is 26.0 Å². The van der Waals surface area contributed by atoms with Crippen LogP contribution in [-0.2, 0) is 0 Å². The molecule has 0 saturated carbocycles. The Morgan fingerprint density at radius 1 is 1.38 bits per heavy atom. The van der Waals surface area contributed by atoms with Gasteiger partial charge in [-0.25, -0.2) is 0 Å². The molecule has 72 valence electrons. The largest absolute Gasteiger partial charge is 0.317 e. The summed E-state index contributed by atoms with van der Waals surface area (Å²) in [5, 5.41) is 0. The molecule has 0 aliphatic carbocycles. The summed E-state index contributed by atoms with van der Waals surface area (Å²) in [5.74, 6) is 0.496. The summed E-state index contributed by atoms with van der Waals surface area (Å²) in [4.78, 5) is 0. The van der Waals surface area contributed by atoms with Crippen molar-refractivity contribution in [3.63, 3.8) is 0 Å². The van der Waals surface area contributed by atoms with E-state index in [0.717, 1.165) is 6.42 Å². The summed E-state index contributed by atoms with van der Waals surface area (Å²) >= 11 is 3.45. The molecule has 0 radical (unpaired) electrons. The summed E-state index contributed by atoms with van der Waals surface area (Å²) in [7, 11) is 0. The Morgan fingerprint density at radius 2 is 1.92 bits per heavy atom. The van der Waals surface area contributed by atoms with E-state index in [1.54, 1.807) is 0 Å². The number of benzene rings is 1. The van der Waals surface area contributed by atoms with Crippen LogP contribution in [0.5, 0.6) is 0 Å².